The third kappa shape index (κ3) is 10.7. The minimum atomic E-state index is -2.31. The van der Waals surface area contributed by atoms with E-state index in [0.29, 0.717) is 18.2 Å². The van der Waals surface area contributed by atoms with E-state index in [1.807, 2.05) is 0 Å². The number of aromatic hydroxyl groups is 20. The van der Waals surface area contributed by atoms with Gasteiger partial charge in [-0.2, -0.15) is 0 Å². The summed E-state index contributed by atoms with van der Waals surface area (Å²) in [4.78, 5) is 0. The maximum atomic E-state index is 13.4. The molecule has 0 aromatic heterocycles. The van der Waals surface area contributed by atoms with Crippen LogP contribution in [-0.2, 0) is 6.42 Å². The number of fused-ring (bicyclic) bond motifs is 5. The van der Waals surface area contributed by atoms with Gasteiger partial charge in [0.15, 0.2) is 81.9 Å². The maximum absolute atomic E-state index is 13.4. The lowest BCUT2D eigenvalue weighted by atomic mass is 9.71. The van der Waals surface area contributed by atoms with Gasteiger partial charge in [0.25, 0.3) is 0 Å². The Morgan fingerprint density at radius 3 is 0.771 bits per heavy atom. The summed E-state index contributed by atoms with van der Waals surface area (Å²) < 4.78 is 32.8. The average Bonchev–Trinajstić information content (AvgIpc) is 0.718. The van der Waals surface area contributed by atoms with Gasteiger partial charge in [-0.3, -0.25) is 0 Å². The molecule has 0 radical (unpaired) electrons. The van der Waals surface area contributed by atoms with Gasteiger partial charge in [-0.05, 0) is 88.5 Å². The molecular formula is C75H62O30. The van der Waals surface area contributed by atoms with Crippen LogP contribution in [0.25, 0.3) is 0 Å². The highest BCUT2D eigenvalue weighted by molar-refractivity contribution is 5.75. The number of benzene rings is 10. The minimum absolute atomic E-state index is 0.0287. The van der Waals surface area contributed by atoms with Crippen LogP contribution in [0.2, 0.25) is 0 Å². The highest BCUT2D eigenvalue weighted by atomic mass is 16.5. The Hall–Kier alpha value is -13.0. The standard InChI is InChI=1S/C75H62O30/c76-28-16-41(88)51-50(17-28)101-68(24-2-7-31(78)37(84)12-24)63(97)59(51)53-43(90)20-45(92)55-61(65(99)70(103-73(53)55)26-4-9-33(80)39(86)14-26)57-47(94)22-48(95)58-62(66(100)71(105-75(57)58)27-5-10-34(81)40(87)15-27)56-46(93)21-44(91)54-60(64(98)69(104-74(54)56)25-3-8-32(79)38(85)13-25)52-42(89)19-35(82)29-18-49(96)67(102-72(29)52)23-1-6-30(77)36(83)11-23/h1-17,19-22,49,59-71,76-100H,18H2/t49-,59+,60+,61+,62+,63+,64+,65+,66+,67-,68+,69+,70+,71+/m0/s1. The smallest absolute Gasteiger partial charge is 0.157 e. The molecule has 0 bridgehead atoms. The molecule has 0 spiro atoms. The first-order chi connectivity index (χ1) is 49.9. The van der Waals surface area contributed by atoms with Crippen molar-refractivity contribution in [1.29, 1.82) is 0 Å². The number of phenols is 20. The first-order valence-corrected chi connectivity index (χ1v) is 32.1. The largest absolute Gasteiger partial charge is 0.508 e. The first kappa shape index (κ1) is 67.8. The molecule has 0 saturated carbocycles. The molecule has 5 aliphatic heterocycles. The van der Waals surface area contributed by atoms with E-state index >= 15 is 0 Å². The SMILES string of the molecule is Oc1cc(O)c2c(c1)O[C@H](c1ccc(O)c(O)c1)[C@H](O)[C@H]2c1c(O)cc(O)c2c1O[C@H](c1ccc(O)c(O)c1)[C@H](O)[C@H]2c1c(O)cc(O)c2c1O[C@H](c1ccc(O)c(O)c1)[C@H](O)[C@@H]2c1c(O)cc(O)c2c1O[C@H](c1ccc(O)c(O)c1)[C@H](O)[C@@H]2c1c(O)cc(O)c2c1O[C@@H](c1ccc(O)c(O)c1)[C@@H](O)C2. The molecule has 0 saturated heterocycles. The molecule has 10 aromatic rings. The van der Waals surface area contributed by atoms with E-state index in [4.69, 9.17) is 23.7 Å². The third-order valence-electron chi connectivity index (χ3n) is 20.2. The lowest BCUT2D eigenvalue weighted by Crippen LogP contribution is -2.40. The van der Waals surface area contributed by atoms with Crippen LogP contribution in [0.3, 0.4) is 0 Å². The van der Waals surface area contributed by atoms with Crippen molar-refractivity contribution in [2.75, 3.05) is 0 Å². The van der Waals surface area contributed by atoms with Gasteiger partial charge in [0.1, 0.15) is 117 Å². The molecule has 0 aliphatic carbocycles. The van der Waals surface area contributed by atoms with E-state index < -0.39 is 268 Å². The summed E-state index contributed by atoms with van der Waals surface area (Å²) in [6.45, 7) is 0. The van der Waals surface area contributed by atoms with Gasteiger partial charge in [0, 0.05) is 92.9 Å². The number of phenolic OH excluding ortho intramolecular Hbond substituents is 20. The molecular weight excluding hydrogens is 1380 g/mol. The Labute approximate surface area is 589 Å². The van der Waals surface area contributed by atoms with Crippen molar-refractivity contribution in [3.63, 3.8) is 0 Å². The van der Waals surface area contributed by atoms with Crippen molar-refractivity contribution in [2.24, 2.45) is 0 Å². The van der Waals surface area contributed by atoms with Crippen LogP contribution in [0.15, 0.2) is 127 Å². The van der Waals surface area contributed by atoms with E-state index in [1.54, 1.807) is 0 Å². The Morgan fingerprint density at radius 2 is 0.467 bits per heavy atom. The Kier molecular flexibility index (Phi) is 15.9. The lowest BCUT2D eigenvalue weighted by Gasteiger charge is -2.45. The molecule has 542 valence electrons. The number of rotatable bonds is 9. The van der Waals surface area contributed by atoms with E-state index in [2.05, 4.69) is 0 Å². The molecule has 30 heteroatoms. The van der Waals surface area contributed by atoms with E-state index in [0.717, 1.165) is 91.0 Å². The predicted octanol–water partition coefficient (Wildman–Crippen LogP) is 7.34. The van der Waals surface area contributed by atoms with Gasteiger partial charge in [-0.15, -0.1) is 0 Å². The molecule has 25 N–H and O–H groups in total. The number of ether oxygens (including phenoxy) is 5. The topological polar surface area (TPSA) is 552 Å². The zero-order valence-electron chi connectivity index (χ0n) is 53.6. The quantitative estimate of drug-likeness (QED) is 0.0628. The zero-order chi connectivity index (χ0) is 74.7. The number of hydrogen-bond acceptors (Lipinski definition) is 30. The summed E-state index contributed by atoms with van der Waals surface area (Å²) in [5, 5.41) is 294. The molecule has 0 unspecified atom stereocenters. The van der Waals surface area contributed by atoms with Crippen LogP contribution in [0.1, 0.15) is 132 Å². The van der Waals surface area contributed by atoms with Gasteiger partial charge in [-0.25, -0.2) is 0 Å². The first-order valence-electron chi connectivity index (χ1n) is 32.1. The summed E-state index contributed by atoms with van der Waals surface area (Å²) in [7, 11) is 0. The van der Waals surface area contributed by atoms with Crippen molar-refractivity contribution >= 4 is 0 Å². The van der Waals surface area contributed by atoms with Crippen LogP contribution in [-0.4, -0.2) is 158 Å². The van der Waals surface area contributed by atoms with Crippen molar-refractivity contribution in [3.8, 4) is 144 Å². The molecule has 0 fully saturated rings. The Bertz CT molecular complexity index is 5270. The van der Waals surface area contributed by atoms with E-state index in [9.17, 15) is 128 Å². The normalized spacial score (nSPS) is 24.2. The molecule has 10 aromatic carbocycles. The Balaban J connectivity index is 1.00. The highest BCUT2D eigenvalue weighted by Gasteiger charge is 2.55. The van der Waals surface area contributed by atoms with Gasteiger partial charge in [0.05, 0.1) is 29.8 Å². The lowest BCUT2D eigenvalue weighted by molar-refractivity contribution is -0.0101. The summed E-state index contributed by atoms with van der Waals surface area (Å²) in [6, 6.07) is 20.7. The van der Waals surface area contributed by atoms with E-state index in [1.165, 1.54) is 18.2 Å². The van der Waals surface area contributed by atoms with Crippen LogP contribution in [0, 0.1) is 0 Å². The van der Waals surface area contributed by atoms with Crippen molar-refractivity contribution in [1.82, 2.24) is 0 Å². The minimum Gasteiger partial charge on any atom is -0.508 e. The van der Waals surface area contributed by atoms with Crippen molar-refractivity contribution in [3.05, 3.63) is 205 Å². The second-order valence-electron chi connectivity index (χ2n) is 26.3. The fourth-order valence-corrected chi connectivity index (χ4v) is 15.4. The maximum Gasteiger partial charge on any atom is 0.157 e. The second kappa shape index (κ2) is 24.6. The second-order valence-corrected chi connectivity index (χ2v) is 26.3. The number of hydrogen-bond donors (Lipinski definition) is 25. The fraction of sp³-hybridized carbons (Fsp3) is 0.200. The third-order valence-corrected chi connectivity index (χ3v) is 20.2. The summed E-state index contributed by atoms with van der Waals surface area (Å²) in [6.07, 6.45) is -19.9. The fourth-order valence-electron chi connectivity index (χ4n) is 15.4. The summed E-state index contributed by atoms with van der Waals surface area (Å²) in [5.41, 5.74) is -5.67. The van der Waals surface area contributed by atoms with Gasteiger partial charge >= 0.3 is 0 Å². The van der Waals surface area contributed by atoms with Gasteiger partial charge < -0.3 is 151 Å². The molecule has 14 atom stereocenters. The molecule has 15 rings (SSSR count). The Morgan fingerprint density at radius 1 is 0.219 bits per heavy atom. The van der Waals surface area contributed by atoms with Crippen LogP contribution >= 0.6 is 0 Å². The summed E-state index contributed by atoms with van der Waals surface area (Å²) in [5.74, 6) is -27.3. The number of aliphatic hydroxyl groups is 5. The number of aliphatic hydroxyl groups excluding tert-OH is 5. The zero-order valence-corrected chi connectivity index (χ0v) is 53.6. The highest BCUT2D eigenvalue weighted by Crippen LogP contribution is 2.67. The summed E-state index contributed by atoms with van der Waals surface area (Å²) >= 11 is 0. The van der Waals surface area contributed by atoms with Gasteiger partial charge in [-0.1, -0.05) is 30.3 Å². The van der Waals surface area contributed by atoms with E-state index in [-0.39, 0.29) is 44.7 Å². The monoisotopic (exact) mass is 1440 g/mol. The van der Waals surface area contributed by atoms with Crippen LogP contribution in [0.4, 0.5) is 0 Å². The molecule has 0 amide bonds. The van der Waals surface area contributed by atoms with Crippen molar-refractivity contribution < 1.29 is 151 Å². The molecule has 5 aliphatic rings. The predicted molar refractivity (Wildman–Crippen MR) is 356 cm³/mol. The molecule has 30 nitrogen and oxygen atoms in total. The average molecular weight is 1440 g/mol. The van der Waals surface area contributed by atoms with Crippen LogP contribution in [0.5, 0.6) is 144 Å². The van der Waals surface area contributed by atoms with Crippen LogP contribution < -0.4 is 23.7 Å². The van der Waals surface area contributed by atoms with Gasteiger partial charge in [0.2, 0.25) is 0 Å². The molecule has 5 heterocycles. The molecule has 105 heavy (non-hydrogen) atoms. The van der Waals surface area contributed by atoms with Crippen molar-refractivity contribution in [2.45, 2.75) is 91.1 Å².